The zero-order valence-electron chi connectivity index (χ0n) is 33.4. The number of nitrogens with zero attached hydrogens (tertiary/aromatic N) is 4. The molecule has 5 rings (SSSR count). The number of hydrogen-bond donors (Lipinski definition) is 1. The molecule has 0 aromatic heterocycles. The third kappa shape index (κ3) is 8.10. The van der Waals surface area contributed by atoms with E-state index in [-0.39, 0.29) is 37.3 Å². The van der Waals surface area contributed by atoms with Gasteiger partial charge in [0.1, 0.15) is 17.7 Å². The number of allylic oxidation sites excluding steroid dienone is 1. The Morgan fingerprint density at radius 1 is 1.02 bits per heavy atom. The molecule has 3 aliphatic heterocycles. The number of amides is 3. The van der Waals surface area contributed by atoms with Crippen LogP contribution < -0.4 is 9.80 Å². The molecule has 1 N–H and O–H groups in total. The van der Waals surface area contributed by atoms with E-state index in [1.807, 2.05) is 75.4 Å². The first-order valence-corrected chi connectivity index (χ1v) is 19.9. The normalized spacial score (nSPS) is 24.2. The summed E-state index contributed by atoms with van der Waals surface area (Å²) in [5.74, 6) is -3.33. The molecule has 3 aliphatic rings. The second kappa shape index (κ2) is 18.0. The maximum atomic E-state index is 15.1. The van der Waals surface area contributed by atoms with Crippen LogP contribution in [0.1, 0.15) is 78.4 Å². The largest absolute Gasteiger partial charge is 0.455 e. The monoisotopic (exact) mass is 756 g/mol. The van der Waals surface area contributed by atoms with Gasteiger partial charge in [0.15, 0.2) is 0 Å². The number of ether oxygens (including phenoxy) is 2. The molecule has 0 aliphatic carbocycles. The molecule has 2 aromatic rings. The van der Waals surface area contributed by atoms with E-state index in [0.717, 1.165) is 18.8 Å². The van der Waals surface area contributed by atoms with Crippen molar-refractivity contribution in [3.8, 4) is 0 Å². The minimum Gasteiger partial charge on any atom is -0.455 e. The van der Waals surface area contributed by atoms with Crippen LogP contribution in [0.2, 0.25) is 0 Å². The number of benzene rings is 2. The third-order valence-electron chi connectivity index (χ3n) is 11.8. The second-order valence-corrected chi connectivity index (χ2v) is 15.5. The van der Waals surface area contributed by atoms with Crippen molar-refractivity contribution in [2.45, 2.75) is 103 Å². The van der Waals surface area contributed by atoms with E-state index >= 15 is 4.79 Å². The number of carbonyl (C=O) groups is 4. The maximum absolute atomic E-state index is 15.1. The quantitative estimate of drug-likeness (QED) is 0.139. The van der Waals surface area contributed by atoms with Crippen molar-refractivity contribution >= 4 is 35.1 Å². The van der Waals surface area contributed by atoms with Crippen LogP contribution in [-0.4, -0.2) is 102 Å². The number of carbonyl (C=O) groups excluding carboxylic acids is 4. The number of likely N-dealkylation sites (N-methyl/N-ethyl adjacent to an activating group) is 1. The van der Waals surface area contributed by atoms with Gasteiger partial charge in [-0.3, -0.25) is 19.2 Å². The van der Waals surface area contributed by atoms with Gasteiger partial charge in [-0.05, 0) is 82.2 Å². The standard InChI is InChI=1S/C44H60N4O7/c1-9-13-19-36(50)45(8)30(7)39(31-17-15-14-16-18-31)54-43(53)37-35-24-25-44(55-35)38(37)41(51)48(34(28-49)27-29(5)6)40(44)42(52)47(26-10-2)33-22-20-32(21-23-33)46(11-3)12-4/h9-10,14-18,20-23,29-30,34-35,37-40,49H,1-2,11-13,19,24-28H2,3-8H3/t30-,34-,35+,37-,38-,39+,40+,44-/m1/s1. The Bertz CT molecular complexity index is 1680. The molecule has 0 saturated carbocycles. The van der Waals surface area contributed by atoms with Crippen molar-refractivity contribution in [1.29, 1.82) is 0 Å². The zero-order valence-corrected chi connectivity index (χ0v) is 33.4. The van der Waals surface area contributed by atoms with Crippen molar-refractivity contribution < 1.29 is 33.8 Å². The molecule has 11 nitrogen and oxygen atoms in total. The number of rotatable bonds is 19. The molecule has 8 atom stereocenters. The fourth-order valence-electron chi connectivity index (χ4n) is 9.01. The lowest BCUT2D eigenvalue weighted by Crippen LogP contribution is -2.59. The summed E-state index contributed by atoms with van der Waals surface area (Å²) in [6.45, 7) is 19.2. The first-order valence-electron chi connectivity index (χ1n) is 19.9. The summed E-state index contributed by atoms with van der Waals surface area (Å²) in [4.78, 5) is 64.8. The average molecular weight is 757 g/mol. The predicted octanol–water partition coefficient (Wildman–Crippen LogP) is 5.93. The summed E-state index contributed by atoms with van der Waals surface area (Å²) in [6, 6.07) is 14.7. The summed E-state index contributed by atoms with van der Waals surface area (Å²) >= 11 is 0. The molecule has 3 saturated heterocycles. The lowest BCUT2D eigenvalue weighted by atomic mass is 9.70. The SMILES string of the molecule is C=CCCC(=O)N(C)[C@H](C)[C@H](OC(=O)[C@@H]1[C@@H]2CC[C@]3(O2)[C@H](C(=O)N(CC=C)c2ccc(N(CC)CC)cc2)N([C@@H](CO)CC(C)C)C(=O)[C@@H]13)c1ccccc1. The van der Waals surface area contributed by atoms with Crippen molar-refractivity contribution in [1.82, 2.24) is 9.80 Å². The zero-order chi connectivity index (χ0) is 40.0. The van der Waals surface area contributed by atoms with Crippen LogP contribution >= 0.6 is 0 Å². The van der Waals surface area contributed by atoms with Crippen molar-refractivity contribution in [2.24, 2.45) is 17.8 Å². The number of likely N-dealkylation sites (tertiary alicyclic amines) is 1. The van der Waals surface area contributed by atoms with Gasteiger partial charge in [-0.2, -0.15) is 0 Å². The molecule has 0 unspecified atom stereocenters. The van der Waals surface area contributed by atoms with E-state index in [2.05, 4.69) is 31.9 Å². The molecule has 3 amide bonds. The number of aliphatic hydroxyl groups excluding tert-OH is 1. The van der Waals surface area contributed by atoms with Gasteiger partial charge >= 0.3 is 5.97 Å². The molecule has 1 spiro atoms. The smallest absolute Gasteiger partial charge is 0.313 e. The van der Waals surface area contributed by atoms with Gasteiger partial charge in [0.25, 0.3) is 5.91 Å². The minimum absolute atomic E-state index is 0.104. The summed E-state index contributed by atoms with van der Waals surface area (Å²) in [5.41, 5.74) is 1.08. The van der Waals surface area contributed by atoms with Crippen LogP contribution in [0.3, 0.4) is 0 Å². The Hall–Kier alpha value is -4.48. The van der Waals surface area contributed by atoms with Gasteiger partial charge in [0.2, 0.25) is 11.8 Å². The van der Waals surface area contributed by atoms with Gasteiger partial charge in [0.05, 0.1) is 36.6 Å². The fraction of sp³-hybridized carbons (Fsp3) is 0.545. The Morgan fingerprint density at radius 2 is 1.67 bits per heavy atom. The number of anilines is 2. The molecule has 298 valence electrons. The summed E-state index contributed by atoms with van der Waals surface area (Å²) in [7, 11) is 1.69. The van der Waals surface area contributed by atoms with Gasteiger partial charge in [-0.25, -0.2) is 0 Å². The number of esters is 1. The molecule has 2 bridgehead atoms. The Kier molecular flexibility index (Phi) is 13.6. The number of aliphatic hydroxyl groups is 1. The van der Waals surface area contributed by atoms with Crippen LogP contribution in [-0.2, 0) is 28.7 Å². The molecular weight excluding hydrogens is 697 g/mol. The van der Waals surface area contributed by atoms with Crippen LogP contribution in [0.25, 0.3) is 0 Å². The first-order chi connectivity index (χ1) is 26.4. The van der Waals surface area contributed by atoms with Gasteiger partial charge in [-0.1, -0.05) is 56.3 Å². The highest BCUT2D eigenvalue weighted by atomic mass is 16.6. The van der Waals surface area contributed by atoms with Crippen LogP contribution in [0, 0.1) is 17.8 Å². The van der Waals surface area contributed by atoms with E-state index < -0.39 is 59.6 Å². The Balaban J connectivity index is 1.53. The van der Waals surface area contributed by atoms with Crippen LogP contribution in [0.5, 0.6) is 0 Å². The molecule has 11 heteroatoms. The molecule has 0 radical (unpaired) electrons. The summed E-state index contributed by atoms with van der Waals surface area (Å²) < 4.78 is 13.2. The van der Waals surface area contributed by atoms with Gasteiger partial charge in [-0.15, -0.1) is 13.2 Å². The topological polar surface area (TPSA) is 120 Å². The maximum Gasteiger partial charge on any atom is 0.313 e. The van der Waals surface area contributed by atoms with Crippen molar-refractivity contribution in [3.05, 3.63) is 85.5 Å². The van der Waals surface area contributed by atoms with E-state index in [1.165, 1.54) is 4.90 Å². The number of fused-ring (bicyclic) bond motifs is 1. The van der Waals surface area contributed by atoms with Crippen molar-refractivity contribution in [3.63, 3.8) is 0 Å². The van der Waals surface area contributed by atoms with Crippen molar-refractivity contribution in [2.75, 3.05) is 43.1 Å². The number of hydrogen-bond acceptors (Lipinski definition) is 8. The molecule has 3 heterocycles. The lowest BCUT2D eigenvalue weighted by molar-refractivity contribution is -0.165. The van der Waals surface area contributed by atoms with E-state index in [0.29, 0.717) is 36.9 Å². The molecular formula is C44H60N4O7. The third-order valence-corrected chi connectivity index (χ3v) is 11.8. The predicted molar refractivity (Wildman–Crippen MR) is 214 cm³/mol. The van der Waals surface area contributed by atoms with Crippen LogP contribution in [0.4, 0.5) is 11.4 Å². The first kappa shape index (κ1) is 41.7. The summed E-state index contributed by atoms with van der Waals surface area (Å²) in [5, 5.41) is 10.8. The minimum atomic E-state index is -1.31. The Morgan fingerprint density at radius 3 is 2.25 bits per heavy atom. The van der Waals surface area contributed by atoms with Crippen LogP contribution in [0.15, 0.2) is 79.9 Å². The molecule has 2 aromatic carbocycles. The highest BCUT2D eigenvalue weighted by Gasteiger charge is 2.75. The fourth-order valence-corrected chi connectivity index (χ4v) is 9.01. The summed E-state index contributed by atoms with van der Waals surface area (Å²) in [6.07, 6.45) is 3.97. The van der Waals surface area contributed by atoms with E-state index in [4.69, 9.17) is 9.47 Å². The molecule has 3 fully saturated rings. The Labute approximate surface area is 326 Å². The molecule has 55 heavy (non-hydrogen) atoms. The van der Waals surface area contributed by atoms with Gasteiger partial charge < -0.3 is 34.2 Å². The van der Waals surface area contributed by atoms with Gasteiger partial charge in [0, 0.05) is 44.5 Å². The lowest BCUT2D eigenvalue weighted by Gasteiger charge is -2.39. The highest BCUT2D eigenvalue weighted by molar-refractivity contribution is 6.05. The second-order valence-electron chi connectivity index (χ2n) is 15.5. The average Bonchev–Trinajstić information content (AvgIpc) is 3.84. The van der Waals surface area contributed by atoms with E-state index in [9.17, 15) is 19.5 Å². The van der Waals surface area contributed by atoms with E-state index in [1.54, 1.807) is 29.0 Å². The highest BCUT2D eigenvalue weighted by Crippen LogP contribution is 2.59.